The molecule has 0 heterocycles. The standard InChI is InChI=1S/C11H12BrClN2O/c1-2-10(16)8-4-3-7(12)5-9(8)15-11(14)6-13/h3-5H,2,6H2,1H3,(H2,14,15). The zero-order chi connectivity index (χ0) is 12.1. The normalized spacial score (nSPS) is 11.6. The molecule has 0 aliphatic heterocycles. The van der Waals surface area contributed by atoms with Crippen molar-refractivity contribution in [2.24, 2.45) is 10.7 Å². The third-order valence-electron chi connectivity index (χ3n) is 1.98. The predicted molar refractivity (Wildman–Crippen MR) is 70.8 cm³/mol. The highest BCUT2D eigenvalue weighted by Gasteiger charge is 2.09. The fourth-order valence-corrected chi connectivity index (χ4v) is 1.62. The summed E-state index contributed by atoms with van der Waals surface area (Å²) in [6, 6.07) is 5.29. The molecule has 0 radical (unpaired) electrons. The quantitative estimate of drug-likeness (QED) is 0.402. The van der Waals surface area contributed by atoms with Crippen molar-refractivity contribution in [3.63, 3.8) is 0 Å². The van der Waals surface area contributed by atoms with Gasteiger partial charge in [0.15, 0.2) is 5.78 Å². The van der Waals surface area contributed by atoms with Crippen molar-refractivity contribution in [2.75, 3.05) is 5.88 Å². The van der Waals surface area contributed by atoms with Crippen LogP contribution in [0.1, 0.15) is 23.7 Å². The van der Waals surface area contributed by atoms with E-state index in [1.165, 1.54) is 0 Å². The van der Waals surface area contributed by atoms with Crippen molar-refractivity contribution in [3.8, 4) is 0 Å². The van der Waals surface area contributed by atoms with Crippen LogP contribution in [0.15, 0.2) is 27.7 Å². The van der Waals surface area contributed by atoms with Crippen LogP contribution >= 0.6 is 27.5 Å². The second kappa shape index (κ2) is 6.01. The van der Waals surface area contributed by atoms with E-state index in [0.29, 0.717) is 23.5 Å². The predicted octanol–water partition coefficient (Wildman–Crippen LogP) is 3.27. The maximum Gasteiger partial charge on any atom is 0.164 e. The average Bonchev–Trinajstić information content (AvgIpc) is 2.28. The van der Waals surface area contributed by atoms with Crippen LogP contribution in [0, 0.1) is 0 Å². The lowest BCUT2D eigenvalue weighted by Crippen LogP contribution is -2.12. The number of amidine groups is 1. The van der Waals surface area contributed by atoms with Crippen molar-refractivity contribution in [1.29, 1.82) is 0 Å². The van der Waals surface area contributed by atoms with E-state index in [9.17, 15) is 4.79 Å². The van der Waals surface area contributed by atoms with E-state index in [2.05, 4.69) is 20.9 Å². The molecular formula is C11H12BrClN2O. The number of benzene rings is 1. The summed E-state index contributed by atoms with van der Waals surface area (Å²) in [6.07, 6.45) is 0.435. The highest BCUT2D eigenvalue weighted by atomic mass is 79.9. The molecule has 0 saturated heterocycles. The third kappa shape index (κ3) is 3.32. The van der Waals surface area contributed by atoms with E-state index in [4.69, 9.17) is 17.3 Å². The largest absolute Gasteiger partial charge is 0.386 e. The van der Waals surface area contributed by atoms with Crippen molar-refractivity contribution in [1.82, 2.24) is 0 Å². The first-order chi connectivity index (χ1) is 7.58. The number of nitrogens with zero attached hydrogens (tertiary/aromatic N) is 1. The van der Waals surface area contributed by atoms with Crippen LogP contribution in [0.5, 0.6) is 0 Å². The number of hydrogen-bond donors (Lipinski definition) is 1. The molecule has 5 heteroatoms. The van der Waals surface area contributed by atoms with Crippen LogP contribution in [-0.2, 0) is 0 Å². The summed E-state index contributed by atoms with van der Waals surface area (Å²) in [5, 5.41) is 0. The van der Waals surface area contributed by atoms with Gasteiger partial charge in [0.2, 0.25) is 0 Å². The summed E-state index contributed by atoms with van der Waals surface area (Å²) >= 11 is 8.88. The van der Waals surface area contributed by atoms with Gasteiger partial charge in [0.1, 0.15) is 5.84 Å². The molecule has 0 bridgehead atoms. The van der Waals surface area contributed by atoms with Crippen LogP contribution in [0.2, 0.25) is 0 Å². The average molecular weight is 304 g/mol. The number of aliphatic imine (C=N–C) groups is 1. The number of carbonyl (C=O) groups excluding carboxylic acids is 1. The zero-order valence-electron chi connectivity index (χ0n) is 8.84. The first kappa shape index (κ1) is 13.2. The smallest absolute Gasteiger partial charge is 0.164 e. The summed E-state index contributed by atoms with van der Waals surface area (Å²) in [6.45, 7) is 1.81. The summed E-state index contributed by atoms with van der Waals surface area (Å²) in [5.41, 5.74) is 6.68. The van der Waals surface area contributed by atoms with E-state index >= 15 is 0 Å². The van der Waals surface area contributed by atoms with Gasteiger partial charge in [-0.25, -0.2) is 4.99 Å². The Balaban J connectivity index is 3.23. The first-order valence-corrected chi connectivity index (χ1v) is 6.13. The molecule has 0 aromatic heterocycles. The fourth-order valence-electron chi connectivity index (χ4n) is 1.21. The molecule has 0 spiro atoms. The van der Waals surface area contributed by atoms with Gasteiger partial charge in [-0.15, -0.1) is 11.6 Å². The first-order valence-electron chi connectivity index (χ1n) is 4.80. The van der Waals surface area contributed by atoms with E-state index in [1.807, 2.05) is 6.92 Å². The molecule has 0 saturated carbocycles. The number of Topliss-reactive ketones (excluding diaryl/α,β-unsaturated/α-hetero) is 1. The van der Waals surface area contributed by atoms with Crippen LogP contribution < -0.4 is 5.73 Å². The molecule has 0 amide bonds. The number of nitrogens with two attached hydrogens (primary N) is 1. The maximum absolute atomic E-state index is 11.7. The number of halogens is 2. The number of hydrogen-bond acceptors (Lipinski definition) is 2. The van der Waals surface area contributed by atoms with Gasteiger partial charge in [-0.05, 0) is 18.2 Å². The second-order valence-corrected chi connectivity index (χ2v) is 4.36. The molecule has 0 unspecified atom stereocenters. The molecule has 0 fully saturated rings. The molecule has 1 rings (SSSR count). The molecule has 86 valence electrons. The van der Waals surface area contributed by atoms with Crippen LogP contribution in [-0.4, -0.2) is 17.5 Å². The number of carbonyl (C=O) groups is 1. The zero-order valence-corrected chi connectivity index (χ0v) is 11.2. The maximum atomic E-state index is 11.7. The number of rotatable bonds is 4. The summed E-state index contributed by atoms with van der Waals surface area (Å²) < 4.78 is 0.848. The number of ketones is 1. The van der Waals surface area contributed by atoms with E-state index < -0.39 is 0 Å². The Labute approximate surface area is 108 Å². The third-order valence-corrected chi connectivity index (χ3v) is 2.75. The molecule has 0 atom stereocenters. The molecule has 2 N–H and O–H groups in total. The minimum Gasteiger partial charge on any atom is -0.386 e. The Morgan fingerprint density at radius 2 is 2.25 bits per heavy atom. The minimum atomic E-state index is 0.0358. The molecule has 0 aliphatic rings. The highest BCUT2D eigenvalue weighted by molar-refractivity contribution is 9.10. The van der Waals surface area contributed by atoms with Gasteiger partial charge in [0.05, 0.1) is 11.6 Å². The van der Waals surface area contributed by atoms with Gasteiger partial charge < -0.3 is 5.73 Å². The SMILES string of the molecule is CCC(=O)c1ccc(Br)cc1N=C(N)CCl. The van der Waals surface area contributed by atoms with Crippen molar-refractivity contribution >= 4 is 44.8 Å². The number of alkyl halides is 1. The van der Waals surface area contributed by atoms with Gasteiger partial charge >= 0.3 is 0 Å². The lowest BCUT2D eigenvalue weighted by atomic mass is 10.1. The van der Waals surface area contributed by atoms with Crippen molar-refractivity contribution in [2.45, 2.75) is 13.3 Å². The van der Waals surface area contributed by atoms with Gasteiger partial charge in [0, 0.05) is 16.5 Å². The Morgan fingerprint density at radius 3 is 2.81 bits per heavy atom. The summed E-state index contributed by atoms with van der Waals surface area (Å²) in [7, 11) is 0. The molecule has 1 aromatic carbocycles. The molecule has 0 aliphatic carbocycles. The lowest BCUT2D eigenvalue weighted by Gasteiger charge is -2.05. The monoisotopic (exact) mass is 302 g/mol. The fraction of sp³-hybridized carbons (Fsp3) is 0.273. The van der Waals surface area contributed by atoms with Gasteiger partial charge in [-0.2, -0.15) is 0 Å². The van der Waals surface area contributed by atoms with Gasteiger partial charge in [-0.3, -0.25) is 4.79 Å². The Bertz CT molecular complexity index is 432. The highest BCUT2D eigenvalue weighted by Crippen LogP contribution is 2.25. The minimum absolute atomic E-state index is 0.0358. The molecule has 1 aromatic rings. The molecule has 3 nitrogen and oxygen atoms in total. The topological polar surface area (TPSA) is 55.5 Å². The van der Waals surface area contributed by atoms with Crippen molar-refractivity contribution in [3.05, 3.63) is 28.2 Å². The Kier molecular flexibility index (Phi) is 4.96. The lowest BCUT2D eigenvalue weighted by molar-refractivity contribution is 0.0989. The Hall–Kier alpha value is -0.870. The van der Waals surface area contributed by atoms with Gasteiger partial charge in [-0.1, -0.05) is 22.9 Å². The van der Waals surface area contributed by atoms with Crippen molar-refractivity contribution < 1.29 is 4.79 Å². The molecule has 16 heavy (non-hydrogen) atoms. The van der Waals surface area contributed by atoms with Gasteiger partial charge in [0.25, 0.3) is 0 Å². The summed E-state index contributed by atoms with van der Waals surface area (Å²) in [4.78, 5) is 15.8. The van der Waals surface area contributed by atoms with E-state index in [0.717, 1.165) is 4.47 Å². The van der Waals surface area contributed by atoms with Crippen LogP contribution in [0.3, 0.4) is 0 Å². The van der Waals surface area contributed by atoms with E-state index in [1.54, 1.807) is 18.2 Å². The molecular weight excluding hydrogens is 291 g/mol. The van der Waals surface area contributed by atoms with Crippen LogP contribution in [0.4, 0.5) is 5.69 Å². The van der Waals surface area contributed by atoms with E-state index in [-0.39, 0.29) is 11.7 Å². The Morgan fingerprint density at radius 1 is 1.56 bits per heavy atom. The summed E-state index contributed by atoms with van der Waals surface area (Å²) in [5.74, 6) is 0.477. The second-order valence-electron chi connectivity index (χ2n) is 3.17. The van der Waals surface area contributed by atoms with Crippen LogP contribution in [0.25, 0.3) is 0 Å².